The molecule has 0 radical (unpaired) electrons. The van der Waals surface area contributed by atoms with Crippen LogP contribution in [0.25, 0.3) is 21.9 Å². The highest BCUT2D eigenvalue weighted by atomic mass is 16.6. The van der Waals surface area contributed by atoms with Gasteiger partial charge in [-0.2, -0.15) is 0 Å². The lowest BCUT2D eigenvalue weighted by Gasteiger charge is -2.06. The number of furan rings is 1. The van der Waals surface area contributed by atoms with Gasteiger partial charge in [0.25, 0.3) is 0 Å². The summed E-state index contributed by atoms with van der Waals surface area (Å²) in [6.45, 7) is 0. The van der Waals surface area contributed by atoms with E-state index in [4.69, 9.17) is 13.9 Å². The van der Waals surface area contributed by atoms with Gasteiger partial charge in [-0.1, -0.05) is 18.2 Å². The highest BCUT2D eigenvalue weighted by Gasteiger charge is 2.19. The zero-order chi connectivity index (χ0) is 19.0. The summed E-state index contributed by atoms with van der Waals surface area (Å²) >= 11 is 0. The number of carbonyl (C=O) groups excluding carboxylic acids is 1. The Bertz CT molecular complexity index is 1190. The van der Waals surface area contributed by atoms with Crippen LogP contribution < -0.4 is 9.47 Å². The van der Waals surface area contributed by atoms with Gasteiger partial charge >= 0.3 is 11.7 Å². The first-order valence-electron chi connectivity index (χ1n) is 8.03. The second-order valence-electron chi connectivity index (χ2n) is 5.79. The van der Waals surface area contributed by atoms with Gasteiger partial charge in [-0.05, 0) is 36.4 Å². The third-order valence-electron chi connectivity index (χ3n) is 4.17. The lowest BCUT2D eigenvalue weighted by atomic mass is 10.1. The molecule has 0 amide bonds. The Labute approximate surface area is 152 Å². The second-order valence-corrected chi connectivity index (χ2v) is 5.79. The van der Waals surface area contributed by atoms with Crippen molar-refractivity contribution >= 4 is 33.6 Å². The largest absolute Gasteiger partial charge is 0.490 e. The van der Waals surface area contributed by atoms with Gasteiger partial charge in [0.2, 0.25) is 0 Å². The molecule has 4 aromatic rings. The number of nitro groups is 1. The van der Waals surface area contributed by atoms with Crippen LogP contribution in [-0.4, -0.2) is 18.0 Å². The van der Waals surface area contributed by atoms with Crippen LogP contribution in [0.3, 0.4) is 0 Å². The van der Waals surface area contributed by atoms with Crippen LogP contribution in [0, 0.1) is 10.1 Å². The predicted molar refractivity (Wildman–Crippen MR) is 98.3 cm³/mol. The molecule has 1 heterocycles. The monoisotopic (exact) mass is 363 g/mol. The summed E-state index contributed by atoms with van der Waals surface area (Å²) in [5, 5.41) is 12.8. The number of nitrogens with zero attached hydrogens (tertiary/aromatic N) is 1. The van der Waals surface area contributed by atoms with Gasteiger partial charge in [0.05, 0.1) is 17.6 Å². The van der Waals surface area contributed by atoms with Crippen molar-refractivity contribution in [2.24, 2.45) is 0 Å². The summed E-state index contributed by atoms with van der Waals surface area (Å²) in [7, 11) is 1.32. The number of rotatable bonds is 4. The molecule has 0 atom stereocenters. The van der Waals surface area contributed by atoms with Crippen LogP contribution in [0.15, 0.2) is 65.1 Å². The molecule has 7 nitrogen and oxygen atoms in total. The SMILES string of the molecule is COc1ccc(C(=O)Oc2ccc3oc4ccccc4c3c2)cc1[N+](=O)[O-]. The fourth-order valence-electron chi connectivity index (χ4n) is 2.89. The van der Waals surface area contributed by atoms with Crippen LogP contribution >= 0.6 is 0 Å². The molecular weight excluding hydrogens is 350 g/mol. The van der Waals surface area contributed by atoms with E-state index in [0.717, 1.165) is 22.4 Å². The molecule has 27 heavy (non-hydrogen) atoms. The maximum Gasteiger partial charge on any atom is 0.343 e. The Morgan fingerprint density at radius 1 is 1.00 bits per heavy atom. The van der Waals surface area contributed by atoms with Crippen molar-refractivity contribution in [2.75, 3.05) is 7.11 Å². The molecule has 0 aliphatic carbocycles. The lowest BCUT2D eigenvalue weighted by molar-refractivity contribution is -0.385. The Morgan fingerprint density at radius 3 is 2.56 bits per heavy atom. The molecule has 1 aromatic heterocycles. The van der Waals surface area contributed by atoms with E-state index in [9.17, 15) is 14.9 Å². The van der Waals surface area contributed by atoms with E-state index in [1.807, 2.05) is 24.3 Å². The quantitative estimate of drug-likeness (QED) is 0.225. The number of carbonyl (C=O) groups is 1. The number of fused-ring (bicyclic) bond motifs is 3. The minimum atomic E-state index is -0.701. The fraction of sp³-hybridized carbons (Fsp3) is 0.0500. The van der Waals surface area contributed by atoms with Gasteiger partial charge in [0, 0.05) is 16.8 Å². The first kappa shape index (κ1) is 16.6. The van der Waals surface area contributed by atoms with E-state index >= 15 is 0 Å². The third-order valence-corrected chi connectivity index (χ3v) is 4.17. The number of para-hydroxylation sites is 1. The highest BCUT2D eigenvalue weighted by molar-refractivity contribution is 6.05. The van der Waals surface area contributed by atoms with Crippen LogP contribution in [0.4, 0.5) is 5.69 Å². The number of esters is 1. The molecule has 0 saturated carbocycles. The number of hydrogen-bond acceptors (Lipinski definition) is 6. The zero-order valence-corrected chi connectivity index (χ0v) is 14.2. The van der Waals surface area contributed by atoms with Crippen molar-refractivity contribution in [1.29, 1.82) is 0 Å². The number of hydrogen-bond donors (Lipinski definition) is 0. The smallest absolute Gasteiger partial charge is 0.343 e. The third kappa shape index (κ3) is 2.95. The van der Waals surface area contributed by atoms with Gasteiger partial charge in [-0.25, -0.2) is 4.79 Å². The van der Waals surface area contributed by atoms with Crippen molar-refractivity contribution in [3.05, 3.63) is 76.3 Å². The molecule has 0 N–H and O–H groups in total. The Hall–Kier alpha value is -3.87. The van der Waals surface area contributed by atoms with Crippen molar-refractivity contribution in [2.45, 2.75) is 0 Å². The maximum atomic E-state index is 12.4. The van der Waals surface area contributed by atoms with Gasteiger partial charge in [-0.15, -0.1) is 0 Å². The van der Waals surface area contributed by atoms with Gasteiger partial charge in [0.15, 0.2) is 5.75 Å². The zero-order valence-electron chi connectivity index (χ0n) is 14.2. The summed E-state index contributed by atoms with van der Waals surface area (Å²) in [6, 6.07) is 16.5. The lowest BCUT2D eigenvalue weighted by Crippen LogP contribution is -2.09. The summed E-state index contributed by atoms with van der Waals surface area (Å²) in [6.07, 6.45) is 0. The van der Waals surface area contributed by atoms with Crippen LogP contribution in [-0.2, 0) is 0 Å². The molecule has 0 aliphatic heterocycles. The molecule has 0 unspecified atom stereocenters. The maximum absolute atomic E-state index is 12.4. The van der Waals surface area contributed by atoms with E-state index in [0.29, 0.717) is 11.3 Å². The van der Waals surface area contributed by atoms with E-state index < -0.39 is 10.9 Å². The number of nitro benzene ring substituents is 1. The second kappa shape index (κ2) is 6.45. The van der Waals surface area contributed by atoms with Crippen molar-refractivity contribution in [3.8, 4) is 11.5 Å². The molecule has 0 spiro atoms. The minimum Gasteiger partial charge on any atom is -0.490 e. The van der Waals surface area contributed by atoms with Gasteiger partial charge in [0.1, 0.15) is 16.9 Å². The summed E-state index contributed by atoms with van der Waals surface area (Å²) in [4.78, 5) is 22.9. The van der Waals surface area contributed by atoms with E-state index in [-0.39, 0.29) is 17.0 Å². The Kier molecular flexibility index (Phi) is 3.97. The molecular formula is C20H13NO6. The van der Waals surface area contributed by atoms with E-state index in [2.05, 4.69) is 0 Å². The summed E-state index contributed by atoms with van der Waals surface area (Å²) in [5.41, 5.74) is 1.17. The number of methoxy groups -OCH3 is 1. The molecule has 7 heteroatoms. The molecule has 0 bridgehead atoms. The summed E-state index contributed by atoms with van der Waals surface area (Å²) in [5.74, 6) is -0.312. The van der Waals surface area contributed by atoms with Gasteiger partial charge < -0.3 is 13.9 Å². The number of benzene rings is 3. The molecule has 0 saturated heterocycles. The van der Waals surface area contributed by atoms with Crippen molar-refractivity contribution in [1.82, 2.24) is 0 Å². The van der Waals surface area contributed by atoms with Gasteiger partial charge in [-0.3, -0.25) is 10.1 Å². The van der Waals surface area contributed by atoms with Crippen LogP contribution in [0.2, 0.25) is 0 Å². The van der Waals surface area contributed by atoms with Crippen LogP contribution in [0.5, 0.6) is 11.5 Å². The average Bonchev–Trinajstić information content (AvgIpc) is 3.05. The molecule has 134 valence electrons. The first-order chi connectivity index (χ1) is 13.1. The van der Waals surface area contributed by atoms with Crippen molar-refractivity contribution < 1.29 is 23.6 Å². The number of ether oxygens (including phenoxy) is 2. The van der Waals surface area contributed by atoms with E-state index in [1.54, 1.807) is 18.2 Å². The highest BCUT2D eigenvalue weighted by Crippen LogP contribution is 2.32. The minimum absolute atomic E-state index is 0.0552. The standard InChI is InChI=1S/C20H13NO6/c1-25-19-8-6-12(10-16(19)21(23)24)20(22)26-13-7-9-18-15(11-13)14-4-2-3-5-17(14)27-18/h2-11H,1H3. The Balaban J connectivity index is 1.67. The fourth-order valence-corrected chi connectivity index (χ4v) is 2.89. The molecule has 0 fully saturated rings. The van der Waals surface area contributed by atoms with E-state index in [1.165, 1.54) is 19.2 Å². The average molecular weight is 363 g/mol. The Morgan fingerprint density at radius 2 is 1.78 bits per heavy atom. The van der Waals surface area contributed by atoms with Crippen LogP contribution in [0.1, 0.15) is 10.4 Å². The summed E-state index contributed by atoms with van der Waals surface area (Å²) < 4.78 is 16.1. The van der Waals surface area contributed by atoms with Crippen molar-refractivity contribution in [3.63, 3.8) is 0 Å². The normalized spacial score (nSPS) is 10.9. The predicted octanol–water partition coefficient (Wildman–Crippen LogP) is 4.72. The first-order valence-corrected chi connectivity index (χ1v) is 8.03. The molecule has 4 rings (SSSR count). The molecule has 3 aromatic carbocycles. The molecule has 0 aliphatic rings. The topological polar surface area (TPSA) is 91.8 Å².